The molecule has 0 aromatic heterocycles. The van der Waals surface area contributed by atoms with Crippen LogP contribution in [-0.2, 0) is 6.42 Å². The summed E-state index contributed by atoms with van der Waals surface area (Å²) in [4.78, 5) is 12.4. The summed E-state index contributed by atoms with van der Waals surface area (Å²) in [6.45, 7) is 6.34. The number of hydrogen-bond donors (Lipinski definition) is 0. The van der Waals surface area contributed by atoms with Crippen molar-refractivity contribution in [1.29, 1.82) is 0 Å². The molecule has 0 amide bonds. The summed E-state index contributed by atoms with van der Waals surface area (Å²) < 4.78 is 0.906. The summed E-state index contributed by atoms with van der Waals surface area (Å²) in [5, 5.41) is 0. The van der Waals surface area contributed by atoms with Gasteiger partial charge in [0, 0.05) is 16.5 Å². The predicted molar refractivity (Wildman–Crippen MR) is 87.4 cm³/mol. The maximum Gasteiger partial charge on any atom is 0.168 e. The molecule has 2 aromatic carbocycles. The molecule has 0 saturated carbocycles. The molecule has 2 aromatic rings. The molecular formula is C18H19BrO. The number of benzene rings is 2. The van der Waals surface area contributed by atoms with Crippen molar-refractivity contribution in [3.05, 3.63) is 69.2 Å². The lowest BCUT2D eigenvalue weighted by atomic mass is 9.98. The van der Waals surface area contributed by atoms with Crippen LogP contribution in [-0.4, -0.2) is 5.78 Å². The van der Waals surface area contributed by atoms with E-state index in [1.807, 2.05) is 25.1 Å². The molecule has 2 heteroatoms. The van der Waals surface area contributed by atoms with Crippen LogP contribution in [0.5, 0.6) is 0 Å². The first-order chi connectivity index (χ1) is 9.49. The first kappa shape index (κ1) is 15.0. The second-order valence-corrected chi connectivity index (χ2v) is 6.23. The first-order valence-electron chi connectivity index (χ1n) is 6.86. The van der Waals surface area contributed by atoms with E-state index in [9.17, 15) is 4.79 Å². The Bertz CT molecular complexity index is 612. The Morgan fingerprint density at radius 3 is 2.35 bits per heavy atom. The summed E-state index contributed by atoms with van der Waals surface area (Å²) in [6.07, 6.45) is 0.445. The lowest BCUT2D eigenvalue weighted by molar-refractivity contribution is 0.0992. The zero-order valence-corrected chi connectivity index (χ0v) is 13.7. The van der Waals surface area contributed by atoms with Crippen molar-refractivity contribution in [2.24, 2.45) is 0 Å². The molecule has 0 heterocycles. The van der Waals surface area contributed by atoms with Crippen LogP contribution in [0.3, 0.4) is 0 Å². The molecule has 0 atom stereocenters. The molecule has 20 heavy (non-hydrogen) atoms. The summed E-state index contributed by atoms with van der Waals surface area (Å²) in [7, 11) is 0. The van der Waals surface area contributed by atoms with E-state index in [1.54, 1.807) is 0 Å². The molecule has 104 valence electrons. The molecule has 0 radical (unpaired) electrons. The Labute approximate surface area is 129 Å². The van der Waals surface area contributed by atoms with Crippen LogP contribution in [0.1, 0.15) is 46.8 Å². The fraction of sp³-hybridized carbons (Fsp3) is 0.278. The minimum Gasteiger partial charge on any atom is -0.294 e. The van der Waals surface area contributed by atoms with Gasteiger partial charge in [0.05, 0.1) is 0 Å². The first-order valence-corrected chi connectivity index (χ1v) is 7.65. The van der Waals surface area contributed by atoms with E-state index in [0.29, 0.717) is 12.3 Å². The van der Waals surface area contributed by atoms with Gasteiger partial charge in [-0.05, 0) is 45.5 Å². The molecule has 0 unspecified atom stereocenters. The molecule has 0 N–H and O–H groups in total. The van der Waals surface area contributed by atoms with Gasteiger partial charge in [-0.15, -0.1) is 0 Å². The fourth-order valence-electron chi connectivity index (χ4n) is 2.16. The van der Waals surface area contributed by atoms with Gasteiger partial charge in [0.2, 0.25) is 0 Å². The number of aryl methyl sites for hydroxylation is 1. The number of hydrogen-bond acceptors (Lipinski definition) is 1. The van der Waals surface area contributed by atoms with Gasteiger partial charge in [-0.25, -0.2) is 0 Å². The Balaban J connectivity index is 2.17. The summed E-state index contributed by atoms with van der Waals surface area (Å²) in [5.41, 5.74) is 4.22. The largest absolute Gasteiger partial charge is 0.294 e. The molecule has 0 saturated heterocycles. The standard InChI is InChI=1S/C18H19BrO/c1-12(2)15-9-7-14(8-10-15)11-17(20)16-6-4-5-13(3)18(16)19/h4-10,12H,11H2,1-3H3. The van der Waals surface area contributed by atoms with Crippen molar-refractivity contribution < 1.29 is 4.79 Å². The van der Waals surface area contributed by atoms with Crippen LogP contribution in [0.25, 0.3) is 0 Å². The van der Waals surface area contributed by atoms with Crippen LogP contribution < -0.4 is 0 Å². The molecule has 1 nitrogen and oxygen atoms in total. The van der Waals surface area contributed by atoms with Crippen LogP contribution >= 0.6 is 15.9 Å². The van der Waals surface area contributed by atoms with Crippen molar-refractivity contribution in [3.8, 4) is 0 Å². The second-order valence-electron chi connectivity index (χ2n) is 5.43. The smallest absolute Gasteiger partial charge is 0.168 e. The highest BCUT2D eigenvalue weighted by atomic mass is 79.9. The van der Waals surface area contributed by atoms with E-state index in [4.69, 9.17) is 0 Å². The van der Waals surface area contributed by atoms with Crippen molar-refractivity contribution in [2.45, 2.75) is 33.1 Å². The Morgan fingerprint density at radius 1 is 1.10 bits per heavy atom. The molecule has 0 aliphatic heterocycles. The Kier molecular flexibility index (Phi) is 4.77. The topological polar surface area (TPSA) is 17.1 Å². The average molecular weight is 331 g/mol. The zero-order valence-electron chi connectivity index (χ0n) is 12.1. The van der Waals surface area contributed by atoms with Crippen LogP contribution in [0.4, 0.5) is 0 Å². The summed E-state index contributed by atoms with van der Waals surface area (Å²) in [5.74, 6) is 0.670. The van der Waals surface area contributed by atoms with Crippen LogP contribution in [0.2, 0.25) is 0 Å². The van der Waals surface area contributed by atoms with E-state index in [2.05, 4.69) is 54.0 Å². The number of carbonyl (C=O) groups is 1. The molecule has 0 bridgehead atoms. The van der Waals surface area contributed by atoms with E-state index >= 15 is 0 Å². The van der Waals surface area contributed by atoms with Crippen LogP contribution in [0.15, 0.2) is 46.9 Å². The van der Waals surface area contributed by atoms with Crippen molar-refractivity contribution in [1.82, 2.24) is 0 Å². The summed E-state index contributed by atoms with van der Waals surface area (Å²) >= 11 is 3.50. The van der Waals surface area contributed by atoms with Gasteiger partial charge >= 0.3 is 0 Å². The third kappa shape index (κ3) is 3.37. The van der Waals surface area contributed by atoms with Gasteiger partial charge in [-0.1, -0.05) is 56.3 Å². The summed E-state index contributed by atoms with van der Waals surface area (Å²) in [6, 6.07) is 14.1. The number of rotatable bonds is 4. The maximum atomic E-state index is 12.4. The molecule has 0 spiro atoms. The number of halogens is 1. The Morgan fingerprint density at radius 2 is 1.75 bits per heavy atom. The fourth-order valence-corrected chi connectivity index (χ4v) is 2.65. The van der Waals surface area contributed by atoms with Gasteiger partial charge in [0.25, 0.3) is 0 Å². The average Bonchev–Trinajstić information content (AvgIpc) is 2.42. The van der Waals surface area contributed by atoms with Gasteiger partial charge in [0.15, 0.2) is 5.78 Å². The van der Waals surface area contributed by atoms with Crippen LogP contribution in [0, 0.1) is 6.92 Å². The van der Waals surface area contributed by atoms with E-state index in [-0.39, 0.29) is 5.78 Å². The maximum absolute atomic E-state index is 12.4. The molecule has 2 rings (SSSR count). The van der Waals surface area contributed by atoms with Crippen molar-refractivity contribution >= 4 is 21.7 Å². The van der Waals surface area contributed by atoms with Gasteiger partial charge in [-0.2, -0.15) is 0 Å². The molecular weight excluding hydrogens is 312 g/mol. The molecule has 0 aliphatic rings. The van der Waals surface area contributed by atoms with Gasteiger partial charge < -0.3 is 0 Å². The van der Waals surface area contributed by atoms with Crippen molar-refractivity contribution in [2.75, 3.05) is 0 Å². The number of carbonyl (C=O) groups excluding carboxylic acids is 1. The zero-order chi connectivity index (χ0) is 14.7. The lowest BCUT2D eigenvalue weighted by Gasteiger charge is -2.08. The SMILES string of the molecule is Cc1cccc(C(=O)Cc2ccc(C(C)C)cc2)c1Br. The molecule has 0 fully saturated rings. The molecule has 0 aliphatic carbocycles. The van der Waals surface area contributed by atoms with Gasteiger partial charge in [0.1, 0.15) is 0 Å². The number of ketones is 1. The predicted octanol–water partition coefficient (Wildman–Crippen LogP) is 5.31. The highest BCUT2D eigenvalue weighted by Crippen LogP contribution is 2.23. The highest BCUT2D eigenvalue weighted by Gasteiger charge is 2.12. The third-order valence-electron chi connectivity index (χ3n) is 3.50. The van der Waals surface area contributed by atoms with E-state index in [1.165, 1.54) is 5.56 Å². The monoisotopic (exact) mass is 330 g/mol. The second kappa shape index (κ2) is 6.36. The van der Waals surface area contributed by atoms with Gasteiger partial charge in [-0.3, -0.25) is 4.79 Å². The Hall–Kier alpha value is -1.41. The van der Waals surface area contributed by atoms with E-state index < -0.39 is 0 Å². The quantitative estimate of drug-likeness (QED) is 0.694. The number of Topliss-reactive ketones (excluding diaryl/α,β-unsaturated/α-hetero) is 1. The third-order valence-corrected chi connectivity index (χ3v) is 4.56. The van der Waals surface area contributed by atoms with E-state index in [0.717, 1.165) is 21.2 Å². The lowest BCUT2D eigenvalue weighted by Crippen LogP contribution is -2.05. The van der Waals surface area contributed by atoms with Crippen molar-refractivity contribution in [3.63, 3.8) is 0 Å². The highest BCUT2D eigenvalue weighted by molar-refractivity contribution is 9.10. The minimum absolute atomic E-state index is 0.151. The minimum atomic E-state index is 0.151. The normalized spacial score (nSPS) is 10.8.